The van der Waals surface area contributed by atoms with Crippen LogP contribution in [0.15, 0.2) is 18.3 Å². The minimum absolute atomic E-state index is 0.0447. The zero-order valence-corrected chi connectivity index (χ0v) is 8.99. The lowest BCUT2D eigenvalue weighted by molar-refractivity contribution is -0.120. The fourth-order valence-corrected chi connectivity index (χ4v) is 1.12. The van der Waals surface area contributed by atoms with Gasteiger partial charge in [-0.25, -0.2) is 0 Å². The van der Waals surface area contributed by atoms with Crippen LogP contribution in [0.1, 0.15) is 16.9 Å². The molecule has 0 saturated carbocycles. The number of aromatic nitrogens is 1. The highest BCUT2D eigenvalue weighted by Gasteiger charge is 2.03. The summed E-state index contributed by atoms with van der Waals surface area (Å²) in [7, 11) is 1.58. The number of nitrogens with zero attached hydrogens (tertiary/aromatic N) is 1. The first-order valence-electron chi connectivity index (χ1n) is 4.84. The van der Waals surface area contributed by atoms with Crippen molar-refractivity contribution in [3.8, 4) is 0 Å². The summed E-state index contributed by atoms with van der Waals surface area (Å²) >= 11 is 0. The summed E-state index contributed by atoms with van der Waals surface area (Å²) in [5.41, 5.74) is 6.00. The molecule has 6 nitrogen and oxygen atoms in total. The molecule has 0 saturated heterocycles. The van der Waals surface area contributed by atoms with Gasteiger partial charge in [0.1, 0.15) is 5.69 Å². The number of hydrogen-bond donors (Lipinski definition) is 3. The van der Waals surface area contributed by atoms with Crippen molar-refractivity contribution in [1.29, 1.82) is 0 Å². The predicted molar refractivity (Wildman–Crippen MR) is 59.9 cm³/mol. The number of anilines is 1. The van der Waals surface area contributed by atoms with Gasteiger partial charge < -0.3 is 16.4 Å². The predicted octanol–water partition coefficient (Wildman–Crippen LogP) is -0.271. The van der Waals surface area contributed by atoms with Crippen molar-refractivity contribution in [2.24, 2.45) is 5.73 Å². The van der Waals surface area contributed by atoms with Crippen molar-refractivity contribution in [1.82, 2.24) is 10.3 Å². The number of nitrogens with two attached hydrogens (primary N) is 1. The van der Waals surface area contributed by atoms with Crippen molar-refractivity contribution in [3.63, 3.8) is 0 Å². The molecule has 0 aromatic carbocycles. The number of hydrogen-bond acceptors (Lipinski definition) is 4. The summed E-state index contributed by atoms with van der Waals surface area (Å²) in [5, 5.41) is 5.51. The van der Waals surface area contributed by atoms with Crippen LogP contribution in [-0.2, 0) is 4.79 Å². The lowest BCUT2D eigenvalue weighted by Crippen LogP contribution is -2.21. The molecule has 0 aliphatic heterocycles. The van der Waals surface area contributed by atoms with E-state index in [1.54, 1.807) is 19.2 Å². The number of primary amides is 1. The Morgan fingerprint density at radius 2 is 2.25 bits per heavy atom. The molecule has 0 unspecified atom stereocenters. The third-order valence-corrected chi connectivity index (χ3v) is 1.97. The van der Waals surface area contributed by atoms with Gasteiger partial charge in [-0.2, -0.15) is 0 Å². The number of nitrogens with one attached hydrogen (secondary N) is 2. The van der Waals surface area contributed by atoms with Crippen LogP contribution in [0.3, 0.4) is 0 Å². The average molecular weight is 222 g/mol. The first-order chi connectivity index (χ1) is 7.63. The van der Waals surface area contributed by atoms with Gasteiger partial charge in [-0.15, -0.1) is 0 Å². The number of amides is 2. The third-order valence-electron chi connectivity index (χ3n) is 1.97. The molecule has 0 bridgehead atoms. The van der Waals surface area contributed by atoms with Crippen LogP contribution < -0.4 is 16.4 Å². The molecule has 0 radical (unpaired) electrons. The van der Waals surface area contributed by atoms with Gasteiger partial charge in [0.05, 0.1) is 0 Å². The van der Waals surface area contributed by atoms with E-state index in [-0.39, 0.29) is 11.6 Å². The van der Waals surface area contributed by atoms with E-state index in [2.05, 4.69) is 15.6 Å². The van der Waals surface area contributed by atoms with Crippen LogP contribution >= 0.6 is 0 Å². The van der Waals surface area contributed by atoms with E-state index in [1.807, 2.05) is 0 Å². The molecule has 0 aliphatic rings. The zero-order valence-electron chi connectivity index (χ0n) is 8.99. The molecular formula is C10H14N4O2. The second-order valence-corrected chi connectivity index (χ2v) is 3.14. The van der Waals surface area contributed by atoms with Crippen LogP contribution in [0, 0.1) is 0 Å². The van der Waals surface area contributed by atoms with Crippen molar-refractivity contribution >= 4 is 17.5 Å². The zero-order chi connectivity index (χ0) is 12.0. The molecule has 0 atom stereocenters. The maximum atomic E-state index is 10.9. The van der Waals surface area contributed by atoms with Gasteiger partial charge >= 0.3 is 0 Å². The fraction of sp³-hybridized carbons (Fsp3) is 0.300. The SMILES string of the molecule is CNC(=O)CCNc1ccnc(C(N)=O)c1. The number of pyridine rings is 1. The average Bonchev–Trinajstić information content (AvgIpc) is 2.29. The quantitative estimate of drug-likeness (QED) is 0.638. The minimum atomic E-state index is -0.574. The van der Waals surface area contributed by atoms with E-state index in [4.69, 9.17) is 5.73 Å². The van der Waals surface area contributed by atoms with Crippen molar-refractivity contribution < 1.29 is 9.59 Å². The van der Waals surface area contributed by atoms with Crippen molar-refractivity contribution in [2.45, 2.75) is 6.42 Å². The number of rotatable bonds is 5. The highest BCUT2D eigenvalue weighted by atomic mass is 16.1. The van der Waals surface area contributed by atoms with E-state index in [1.165, 1.54) is 6.20 Å². The van der Waals surface area contributed by atoms with Crippen LogP contribution in [0.25, 0.3) is 0 Å². The standard InChI is InChI=1S/C10H14N4O2/c1-12-9(15)3-5-13-7-2-4-14-8(6-7)10(11)16/h2,4,6H,3,5H2,1H3,(H2,11,16)(H,12,15)(H,13,14). The first kappa shape index (κ1) is 12.0. The molecule has 6 heteroatoms. The van der Waals surface area contributed by atoms with Gasteiger partial charge in [0, 0.05) is 31.9 Å². The minimum Gasteiger partial charge on any atom is -0.384 e. The Labute approximate surface area is 93.2 Å². The van der Waals surface area contributed by atoms with E-state index in [0.717, 1.165) is 0 Å². The molecular weight excluding hydrogens is 208 g/mol. The Morgan fingerprint density at radius 1 is 1.50 bits per heavy atom. The molecule has 1 aromatic heterocycles. The molecule has 4 N–H and O–H groups in total. The van der Waals surface area contributed by atoms with Crippen molar-refractivity contribution in [2.75, 3.05) is 18.9 Å². The summed E-state index contributed by atoms with van der Waals surface area (Å²) in [6.45, 7) is 0.488. The number of carbonyl (C=O) groups is 2. The van der Waals surface area contributed by atoms with Crippen LogP contribution in [-0.4, -0.2) is 30.4 Å². The molecule has 1 heterocycles. The fourth-order valence-electron chi connectivity index (χ4n) is 1.12. The lowest BCUT2D eigenvalue weighted by Gasteiger charge is -2.06. The summed E-state index contributed by atoms with van der Waals surface area (Å²) in [6.07, 6.45) is 1.85. The summed E-state index contributed by atoms with van der Waals surface area (Å²) in [5.74, 6) is -0.619. The molecule has 1 aromatic rings. The lowest BCUT2D eigenvalue weighted by atomic mass is 10.3. The largest absolute Gasteiger partial charge is 0.384 e. The summed E-state index contributed by atoms with van der Waals surface area (Å²) in [4.78, 5) is 25.6. The van der Waals surface area contributed by atoms with Crippen LogP contribution in [0.4, 0.5) is 5.69 Å². The molecule has 1 rings (SSSR count). The van der Waals surface area contributed by atoms with Gasteiger partial charge in [-0.1, -0.05) is 0 Å². The molecule has 2 amide bonds. The molecule has 0 aliphatic carbocycles. The normalized spacial score (nSPS) is 9.56. The Hall–Kier alpha value is -2.11. The van der Waals surface area contributed by atoms with E-state index in [9.17, 15) is 9.59 Å². The second-order valence-electron chi connectivity index (χ2n) is 3.14. The Bertz CT molecular complexity index is 392. The number of carbonyl (C=O) groups excluding carboxylic acids is 2. The summed E-state index contributed by atoms with van der Waals surface area (Å²) in [6, 6.07) is 3.25. The smallest absolute Gasteiger partial charge is 0.267 e. The molecule has 0 fully saturated rings. The first-order valence-corrected chi connectivity index (χ1v) is 4.84. The molecule has 86 valence electrons. The van der Waals surface area contributed by atoms with Crippen LogP contribution in [0.5, 0.6) is 0 Å². The van der Waals surface area contributed by atoms with E-state index in [0.29, 0.717) is 18.7 Å². The monoisotopic (exact) mass is 222 g/mol. The van der Waals surface area contributed by atoms with Gasteiger partial charge in [-0.3, -0.25) is 14.6 Å². The van der Waals surface area contributed by atoms with E-state index < -0.39 is 5.91 Å². The van der Waals surface area contributed by atoms with Gasteiger partial charge in [0.25, 0.3) is 5.91 Å². The third kappa shape index (κ3) is 3.56. The topological polar surface area (TPSA) is 97.1 Å². The highest BCUT2D eigenvalue weighted by Crippen LogP contribution is 2.07. The van der Waals surface area contributed by atoms with Gasteiger partial charge in [0.2, 0.25) is 5.91 Å². The Balaban J connectivity index is 2.51. The van der Waals surface area contributed by atoms with Crippen molar-refractivity contribution in [3.05, 3.63) is 24.0 Å². The Kier molecular flexibility index (Phi) is 4.26. The van der Waals surface area contributed by atoms with Gasteiger partial charge in [0.15, 0.2) is 0 Å². The second kappa shape index (κ2) is 5.69. The highest BCUT2D eigenvalue weighted by molar-refractivity contribution is 5.91. The van der Waals surface area contributed by atoms with Gasteiger partial charge in [-0.05, 0) is 12.1 Å². The summed E-state index contributed by atoms with van der Waals surface area (Å²) < 4.78 is 0. The van der Waals surface area contributed by atoms with E-state index >= 15 is 0 Å². The maximum absolute atomic E-state index is 10.9. The van der Waals surface area contributed by atoms with Crippen LogP contribution in [0.2, 0.25) is 0 Å². The molecule has 16 heavy (non-hydrogen) atoms. The molecule has 0 spiro atoms. The maximum Gasteiger partial charge on any atom is 0.267 e. The Morgan fingerprint density at radius 3 is 2.88 bits per heavy atom.